The average molecular weight is 410 g/mol. The van der Waals surface area contributed by atoms with E-state index in [1.807, 2.05) is 0 Å². The second-order valence-corrected chi connectivity index (χ2v) is 7.12. The van der Waals surface area contributed by atoms with Crippen molar-refractivity contribution < 1.29 is 28.6 Å². The fourth-order valence-corrected chi connectivity index (χ4v) is 3.45. The van der Waals surface area contributed by atoms with Crippen molar-refractivity contribution in [3.05, 3.63) is 59.4 Å². The number of carbonyl (C=O) groups is 2. The van der Waals surface area contributed by atoms with Crippen molar-refractivity contribution in [2.75, 3.05) is 13.7 Å². The van der Waals surface area contributed by atoms with E-state index in [2.05, 4.69) is 6.92 Å². The molecule has 0 radical (unpaired) electrons. The number of carboxylic acid groups (broad SMARTS) is 1. The summed E-state index contributed by atoms with van der Waals surface area (Å²) in [6.45, 7) is 2.81. The SMILES string of the molecule is CCCCCCOc1ccc(C(=O)c2c(OC)c(CC(=O)O)cc3ccoc23)cc1. The van der Waals surface area contributed by atoms with Gasteiger partial charge in [-0.05, 0) is 42.8 Å². The van der Waals surface area contributed by atoms with Gasteiger partial charge in [0.1, 0.15) is 22.6 Å². The molecule has 3 rings (SSSR count). The van der Waals surface area contributed by atoms with Gasteiger partial charge in [-0.1, -0.05) is 26.2 Å². The lowest BCUT2D eigenvalue weighted by Gasteiger charge is -2.13. The summed E-state index contributed by atoms with van der Waals surface area (Å²) in [7, 11) is 1.42. The van der Waals surface area contributed by atoms with E-state index < -0.39 is 5.97 Å². The predicted octanol–water partition coefficient (Wildman–Crippen LogP) is 5.26. The number of carboxylic acids is 1. The van der Waals surface area contributed by atoms with E-state index in [0.29, 0.717) is 34.5 Å². The number of rotatable bonds is 11. The third-order valence-corrected chi connectivity index (χ3v) is 4.93. The molecule has 0 aliphatic rings. The van der Waals surface area contributed by atoms with Gasteiger partial charge in [-0.15, -0.1) is 0 Å². The summed E-state index contributed by atoms with van der Waals surface area (Å²) in [5, 5.41) is 9.88. The molecule has 0 aliphatic carbocycles. The summed E-state index contributed by atoms with van der Waals surface area (Å²) in [6.07, 6.45) is 5.73. The van der Waals surface area contributed by atoms with Crippen LogP contribution in [0.25, 0.3) is 11.0 Å². The highest BCUT2D eigenvalue weighted by Gasteiger charge is 2.24. The summed E-state index contributed by atoms with van der Waals surface area (Å²) in [5.74, 6) is -0.373. The van der Waals surface area contributed by atoms with Crippen LogP contribution in [0.2, 0.25) is 0 Å². The van der Waals surface area contributed by atoms with Crippen molar-refractivity contribution in [2.45, 2.75) is 39.0 Å². The number of ketones is 1. The minimum atomic E-state index is -1.00. The number of unbranched alkanes of at least 4 members (excludes halogenated alkanes) is 3. The van der Waals surface area contributed by atoms with E-state index in [-0.39, 0.29) is 23.5 Å². The molecule has 0 atom stereocenters. The van der Waals surface area contributed by atoms with Crippen LogP contribution in [0.15, 0.2) is 47.1 Å². The molecule has 1 N–H and O–H groups in total. The zero-order chi connectivity index (χ0) is 21.5. The van der Waals surface area contributed by atoms with Crippen LogP contribution in [0, 0.1) is 0 Å². The number of carbonyl (C=O) groups excluding carboxylic acids is 1. The first-order valence-electron chi connectivity index (χ1n) is 10.1. The molecule has 0 saturated carbocycles. The number of hydrogen-bond acceptors (Lipinski definition) is 5. The number of hydrogen-bond donors (Lipinski definition) is 1. The smallest absolute Gasteiger partial charge is 0.307 e. The highest BCUT2D eigenvalue weighted by atomic mass is 16.5. The lowest BCUT2D eigenvalue weighted by atomic mass is 9.96. The largest absolute Gasteiger partial charge is 0.496 e. The van der Waals surface area contributed by atoms with Gasteiger partial charge >= 0.3 is 5.97 Å². The Hall–Kier alpha value is -3.28. The molecule has 6 nitrogen and oxygen atoms in total. The molecule has 1 heterocycles. The number of aliphatic carboxylic acids is 1. The summed E-state index contributed by atoms with van der Waals surface area (Å²) in [6, 6.07) is 10.3. The molecule has 0 fully saturated rings. The Morgan fingerprint density at radius 2 is 1.83 bits per heavy atom. The third-order valence-electron chi connectivity index (χ3n) is 4.93. The minimum absolute atomic E-state index is 0.223. The maximum Gasteiger partial charge on any atom is 0.307 e. The normalized spacial score (nSPS) is 10.9. The van der Waals surface area contributed by atoms with Crippen LogP contribution < -0.4 is 9.47 Å². The Balaban J connectivity index is 1.87. The molecule has 0 bridgehead atoms. The number of ether oxygens (including phenoxy) is 2. The van der Waals surface area contributed by atoms with Crippen LogP contribution in [0.5, 0.6) is 11.5 Å². The van der Waals surface area contributed by atoms with Crippen molar-refractivity contribution in [1.82, 2.24) is 0 Å². The Morgan fingerprint density at radius 1 is 1.07 bits per heavy atom. The van der Waals surface area contributed by atoms with Gasteiger partial charge < -0.3 is 19.0 Å². The van der Waals surface area contributed by atoms with E-state index in [0.717, 1.165) is 12.8 Å². The second kappa shape index (κ2) is 9.96. The van der Waals surface area contributed by atoms with Gasteiger partial charge in [-0.3, -0.25) is 9.59 Å². The van der Waals surface area contributed by atoms with Gasteiger partial charge in [-0.25, -0.2) is 0 Å². The van der Waals surface area contributed by atoms with E-state index in [1.165, 1.54) is 26.2 Å². The van der Waals surface area contributed by atoms with E-state index in [4.69, 9.17) is 13.9 Å². The van der Waals surface area contributed by atoms with Gasteiger partial charge in [0.25, 0.3) is 0 Å². The van der Waals surface area contributed by atoms with Gasteiger partial charge in [0, 0.05) is 16.5 Å². The van der Waals surface area contributed by atoms with E-state index >= 15 is 0 Å². The van der Waals surface area contributed by atoms with E-state index in [1.54, 1.807) is 36.4 Å². The number of methoxy groups -OCH3 is 1. The molecule has 158 valence electrons. The fourth-order valence-electron chi connectivity index (χ4n) is 3.45. The molecule has 1 aromatic heterocycles. The van der Waals surface area contributed by atoms with Crippen LogP contribution >= 0.6 is 0 Å². The molecule has 30 heavy (non-hydrogen) atoms. The molecule has 0 aliphatic heterocycles. The Kier molecular flexibility index (Phi) is 7.12. The predicted molar refractivity (Wildman–Crippen MR) is 114 cm³/mol. The maximum atomic E-state index is 13.3. The molecular formula is C24H26O6. The Bertz CT molecular complexity index is 1020. The van der Waals surface area contributed by atoms with Crippen LogP contribution in [0.1, 0.15) is 54.1 Å². The van der Waals surface area contributed by atoms with Crippen LogP contribution in [-0.4, -0.2) is 30.6 Å². The molecule has 3 aromatic rings. The summed E-state index contributed by atoms with van der Waals surface area (Å²) >= 11 is 0. The quantitative estimate of drug-likeness (QED) is 0.343. The summed E-state index contributed by atoms with van der Waals surface area (Å²) in [5.41, 5.74) is 1.47. The topological polar surface area (TPSA) is 86.0 Å². The Labute approximate surface area is 175 Å². The molecule has 6 heteroatoms. The maximum absolute atomic E-state index is 13.3. The first-order chi connectivity index (χ1) is 14.5. The zero-order valence-electron chi connectivity index (χ0n) is 17.3. The van der Waals surface area contributed by atoms with Crippen molar-refractivity contribution in [1.29, 1.82) is 0 Å². The molecule has 2 aromatic carbocycles. The van der Waals surface area contributed by atoms with Gasteiger partial charge in [0.2, 0.25) is 5.78 Å². The molecule has 0 amide bonds. The van der Waals surface area contributed by atoms with Crippen molar-refractivity contribution in [3.63, 3.8) is 0 Å². The first-order valence-corrected chi connectivity index (χ1v) is 10.1. The minimum Gasteiger partial charge on any atom is -0.496 e. The van der Waals surface area contributed by atoms with Crippen molar-refractivity contribution in [3.8, 4) is 11.5 Å². The fraction of sp³-hybridized carbons (Fsp3) is 0.333. The molecule has 0 unspecified atom stereocenters. The van der Waals surface area contributed by atoms with Gasteiger partial charge in [-0.2, -0.15) is 0 Å². The van der Waals surface area contributed by atoms with Crippen LogP contribution in [0.3, 0.4) is 0 Å². The third kappa shape index (κ3) is 4.82. The van der Waals surface area contributed by atoms with Crippen LogP contribution in [-0.2, 0) is 11.2 Å². The summed E-state index contributed by atoms with van der Waals surface area (Å²) in [4.78, 5) is 24.6. The van der Waals surface area contributed by atoms with Crippen molar-refractivity contribution >= 4 is 22.7 Å². The van der Waals surface area contributed by atoms with Crippen LogP contribution in [0.4, 0.5) is 0 Å². The first kappa shape index (κ1) is 21.4. The van der Waals surface area contributed by atoms with Crippen molar-refractivity contribution in [2.24, 2.45) is 0 Å². The summed E-state index contributed by atoms with van der Waals surface area (Å²) < 4.78 is 16.7. The highest BCUT2D eigenvalue weighted by molar-refractivity contribution is 6.17. The standard InChI is InChI=1S/C24H26O6/c1-3-4-5-6-12-29-19-9-7-16(8-10-19)22(27)21-23(28-2)18(15-20(25)26)14-17-11-13-30-24(17)21/h7-11,13-14H,3-6,12,15H2,1-2H3,(H,25,26). The molecule has 0 saturated heterocycles. The highest BCUT2D eigenvalue weighted by Crippen LogP contribution is 2.35. The van der Waals surface area contributed by atoms with Gasteiger partial charge in [0.15, 0.2) is 0 Å². The van der Waals surface area contributed by atoms with E-state index in [9.17, 15) is 14.7 Å². The number of fused-ring (bicyclic) bond motifs is 1. The average Bonchev–Trinajstić information content (AvgIpc) is 3.20. The molecule has 0 spiro atoms. The number of benzene rings is 2. The van der Waals surface area contributed by atoms with Gasteiger partial charge in [0.05, 0.1) is 26.4 Å². The zero-order valence-corrected chi connectivity index (χ0v) is 17.3. The Morgan fingerprint density at radius 3 is 2.50 bits per heavy atom. The molecular weight excluding hydrogens is 384 g/mol. The lowest BCUT2D eigenvalue weighted by molar-refractivity contribution is -0.136. The second-order valence-electron chi connectivity index (χ2n) is 7.12. The monoisotopic (exact) mass is 410 g/mol. The lowest BCUT2D eigenvalue weighted by Crippen LogP contribution is -2.09. The number of furan rings is 1.